The molecule has 3 aliphatic carbocycles. The fourth-order valence-corrected chi connectivity index (χ4v) is 7.45. The minimum absolute atomic E-state index is 0.0622. The number of rotatable bonds is 7. The van der Waals surface area contributed by atoms with Crippen LogP contribution in [0.1, 0.15) is 59.4 Å². The molecule has 4 N–H and O–H groups in total. The first-order valence-electron chi connectivity index (χ1n) is 14.5. The highest BCUT2D eigenvalue weighted by Crippen LogP contribution is 2.69. The maximum atomic E-state index is 13.8. The van der Waals surface area contributed by atoms with Crippen molar-refractivity contribution in [3.63, 3.8) is 0 Å². The van der Waals surface area contributed by atoms with Crippen molar-refractivity contribution >= 4 is 23.8 Å². The zero-order chi connectivity index (χ0) is 31.5. The molecule has 8 atom stereocenters. The summed E-state index contributed by atoms with van der Waals surface area (Å²) in [6.07, 6.45) is -1.28. The van der Waals surface area contributed by atoms with E-state index in [1.165, 1.54) is 18.2 Å². The predicted octanol–water partition coefficient (Wildman–Crippen LogP) is 2.19. The number of Topliss-reactive ketones (excluding diaryl/α,β-unsaturated/α-hetero) is 1. The van der Waals surface area contributed by atoms with E-state index in [0.717, 1.165) is 31.4 Å². The van der Waals surface area contributed by atoms with E-state index in [-0.39, 0.29) is 18.0 Å². The van der Waals surface area contributed by atoms with Gasteiger partial charge in [-0.1, -0.05) is 37.6 Å². The van der Waals surface area contributed by atoms with Gasteiger partial charge in [0.25, 0.3) is 0 Å². The number of carbonyl (C=O) groups excluding carboxylic acids is 3. The quantitative estimate of drug-likeness (QED) is 0.206. The molecule has 1 aromatic carbocycles. The molecule has 1 saturated heterocycles. The van der Waals surface area contributed by atoms with Gasteiger partial charge in [0.2, 0.25) is 0 Å². The second-order valence-electron chi connectivity index (χ2n) is 13.1. The summed E-state index contributed by atoms with van der Waals surface area (Å²) < 4.78 is 23.5. The van der Waals surface area contributed by atoms with Crippen LogP contribution in [-0.4, -0.2) is 86.7 Å². The van der Waals surface area contributed by atoms with Crippen molar-refractivity contribution in [3.8, 4) is 5.75 Å². The van der Waals surface area contributed by atoms with Crippen LogP contribution in [0, 0.1) is 16.7 Å². The van der Waals surface area contributed by atoms with Crippen LogP contribution in [0.4, 0.5) is 0 Å². The Morgan fingerprint density at radius 2 is 1.74 bits per heavy atom. The van der Waals surface area contributed by atoms with E-state index in [9.17, 15) is 34.8 Å². The number of phenolic OH excluding ortho intramolecular Hbond substituents is 1. The van der Waals surface area contributed by atoms with Crippen molar-refractivity contribution < 1.29 is 53.8 Å². The van der Waals surface area contributed by atoms with Crippen molar-refractivity contribution in [1.82, 2.24) is 0 Å². The zero-order valence-electron chi connectivity index (χ0n) is 25.0. The lowest BCUT2D eigenvalue weighted by Gasteiger charge is -2.52. The third kappa shape index (κ3) is 5.31. The molecular weight excluding hydrogens is 560 g/mol. The lowest BCUT2D eigenvalue weighted by Crippen LogP contribution is -2.65. The number of carbonyl (C=O) groups is 3. The Hall–Kier alpha value is -3.09. The second kappa shape index (κ2) is 10.8. The average molecular weight is 601 g/mol. The van der Waals surface area contributed by atoms with Gasteiger partial charge in [-0.25, -0.2) is 4.79 Å². The summed E-state index contributed by atoms with van der Waals surface area (Å²) in [5.41, 5.74) is -2.72. The van der Waals surface area contributed by atoms with E-state index in [4.69, 9.17) is 18.9 Å². The lowest BCUT2D eigenvalue weighted by molar-refractivity contribution is -0.332. The number of fused-ring (bicyclic) bond motifs is 1. The van der Waals surface area contributed by atoms with Crippen LogP contribution in [0.2, 0.25) is 0 Å². The van der Waals surface area contributed by atoms with Gasteiger partial charge in [0.15, 0.2) is 18.5 Å². The molecule has 0 radical (unpaired) electrons. The molecule has 1 aliphatic heterocycles. The lowest BCUT2D eigenvalue weighted by atomic mass is 9.61. The van der Waals surface area contributed by atoms with E-state index < -0.39 is 77.2 Å². The molecule has 43 heavy (non-hydrogen) atoms. The Labute approximate surface area is 250 Å². The number of ether oxygens (including phenoxy) is 4. The molecule has 1 spiro atoms. The third-order valence-corrected chi connectivity index (χ3v) is 9.62. The SMILES string of the molecule is CC(=O)O[C@H]1[C@@H](O[C@]23C=C(C)C4(CC4)[C@](C)(O)[C@H]2C(=O)C(C)(C)C3)O[C@H](CO)[C@@H](OC(=O)C=Cc2ccc(O)cc2)[C@H]1O. The molecule has 2 saturated carbocycles. The van der Waals surface area contributed by atoms with Crippen LogP contribution >= 0.6 is 0 Å². The predicted molar refractivity (Wildman–Crippen MR) is 151 cm³/mol. The second-order valence-corrected chi connectivity index (χ2v) is 13.1. The molecule has 0 amide bonds. The first kappa shape index (κ1) is 31.3. The third-order valence-electron chi connectivity index (χ3n) is 9.62. The number of aliphatic hydroxyl groups excluding tert-OH is 2. The van der Waals surface area contributed by atoms with Gasteiger partial charge in [0.05, 0.1) is 18.1 Å². The fourth-order valence-electron chi connectivity index (χ4n) is 7.45. The van der Waals surface area contributed by atoms with Crippen molar-refractivity contribution in [2.45, 2.75) is 95.8 Å². The summed E-state index contributed by atoms with van der Waals surface area (Å²) in [7, 11) is 0. The fraction of sp³-hybridized carbons (Fsp3) is 0.594. The van der Waals surface area contributed by atoms with Crippen LogP contribution in [0.25, 0.3) is 6.08 Å². The van der Waals surface area contributed by atoms with Crippen molar-refractivity contribution in [3.05, 3.63) is 47.6 Å². The van der Waals surface area contributed by atoms with Gasteiger partial charge in [-0.2, -0.15) is 0 Å². The molecule has 11 heteroatoms. The maximum Gasteiger partial charge on any atom is 0.331 e. The zero-order valence-corrected chi connectivity index (χ0v) is 25.0. The first-order chi connectivity index (χ1) is 20.1. The van der Waals surface area contributed by atoms with Crippen LogP contribution in [-0.2, 0) is 33.3 Å². The molecule has 4 aliphatic rings. The number of esters is 2. The molecular formula is C32H40O11. The summed E-state index contributed by atoms with van der Waals surface area (Å²) in [6.45, 7) is 7.59. The minimum Gasteiger partial charge on any atom is -0.508 e. The number of phenols is 1. The highest BCUT2D eigenvalue weighted by Gasteiger charge is 2.74. The Morgan fingerprint density at radius 3 is 2.33 bits per heavy atom. The van der Waals surface area contributed by atoms with Gasteiger partial charge in [-0.3, -0.25) is 9.59 Å². The number of aliphatic hydroxyl groups is 3. The molecule has 1 aromatic rings. The number of hydrogen-bond acceptors (Lipinski definition) is 11. The van der Waals surface area contributed by atoms with Gasteiger partial charge in [-0.15, -0.1) is 0 Å². The Bertz CT molecular complexity index is 1340. The van der Waals surface area contributed by atoms with E-state index >= 15 is 0 Å². The van der Waals surface area contributed by atoms with E-state index in [0.29, 0.717) is 5.56 Å². The van der Waals surface area contributed by atoms with Crippen molar-refractivity contribution in [1.29, 1.82) is 0 Å². The van der Waals surface area contributed by atoms with Crippen LogP contribution in [0.5, 0.6) is 5.75 Å². The van der Waals surface area contributed by atoms with Crippen LogP contribution in [0.3, 0.4) is 0 Å². The monoisotopic (exact) mass is 600 g/mol. The molecule has 234 valence electrons. The highest BCUT2D eigenvalue weighted by molar-refractivity contribution is 5.92. The molecule has 0 unspecified atom stereocenters. The number of benzene rings is 1. The number of hydrogen-bond donors (Lipinski definition) is 4. The highest BCUT2D eigenvalue weighted by atomic mass is 16.7. The molecule has 1 heterocycles. The largest absolute Gasteiger partial charge is 0.508 e. The average Bonchev–Trinajstić information content (AvgIpc) is 3.70. The Kier molecular flexibility index (Phi) is 7.88. The van der Waals surface area contributed by atoms with E-state index in [2.05, 4.69) is 0 Å². The Balaban J connectivity index is 1.44. The molecule has 11 nitrogen and oxygen atoms in total. The molecule has 5 rings (SSSR count). The van der Waals surface area contributed by atoms with Crippen LogP contribution < -0.4 is 0 Å². The normalized spacial score (nSPS) is 37.6. The Morgan fingerprint density at radius 1 is 1.09 bits per heavy atom. The topological polar surface area (TPSA) is 169 Å². The van der Waals surface area contributed by atoms with E-state index in [1.54, 1.807) is 32.9 Å². The summed E-state index contributed by atoms with van der Waals surface area (Å²) in [5.74, 6) is -2.70. The van der Waals surface area contributed by atoms with Gasteiger partial charge < -0.3 is 39.4 Å². The summed E-state index contributed by atoms with van der Waals surface area (Å²) in [5, 5.41) is 42.9. The van der Waals surface area contributed by atoms with Crippen LogP contribution in [0.15, 0.2) is 42.0 Å². The maximum absolute atomic E-state index is 13.8. The standard InChI is InChI=1S/C32H40O11/c1-17-14-32(16-29(3,4)27(38)26(32)30(5,39)31(17)12-13-31)43-28-25(40-18(2)34)23(37)24(21(15-33)41-28)42-22(36)11-8-19-6-9-20(35)10-7-19/h6-11,14,21,23-26,28,33,35,37,39H,12-13,15-16H2,1-5H3/t21-,23-,24-,25-,26-,28-,30-,32+/m1/s1. The summed E-state index contributed by atoms with van der Waals surface area (Å²) >= 11 is 0. The first-order valence-corrected chi connectivity index (χ1v) is 14.5. The van der Waals surface area contributed by atoms with Crippen molar-refractivity contribution in [2.24, 2.45) is 16.7 Å². The van der Waals surface area contributed by atoms with Gasteiger partial charge in [-0.05, 0) is 56.9 Å². The number of aromatic hydroxyl groups is 1. The number of ketones is 1. The molecule has 0 aromatic heterocycles. The van der Waals surface area contributed by atoms with Crippen molar-refractivity contribution in [2.75, 3.05) is 6.61 Å². The summed E-state index contributed by atoms with van der Waals surface area (Å²) in [4.78, 5) is 38.6. The summed E-state index contributed by atoms with van der Waals surface area (Å²) in [6, 6.07) is 6.06. The molecule has 3 fully saturated rings. The molecule has 0 bridgehead atoms. The minimum atomic E-state index is -1.67. The van der Waals surface area contributed by atoms with Gasteiger partial charge in [0.1, 0.15) is 29.3 Å². The smallest absolute Gasteiger partial charge is 0.331 e. The van der Waals surface area contributed by atoms with Gasteiger partial charge in [0, 0.05) is 23.8 Å². The van der Waals surface area contributed by atoms with Gasteiger partial charge >= 0.3 is 11.9 Å². The van der Waals surface area contributed by atoms with E-state index in [1.807, 2.05) is 13.0 Å².